The number of carbonyl (C=O) groups is 2. The number of amides is 2. The second-order valence-electron chi connectivity index (χ2n) is 8.23. The molecule has 3 aromatic rings. The standard InChI is InChI=1S/C26H28ClN3O3/c1-18-4-8-21(9-5-18)30-19(2)23(16-24(30)20-6-10-22(33-3)11-7-20)26(32)29-14-12-28(13-15-29)25(31)17-27/h4-11,16H,12-15,17H2,1-3H3. The first-order chi connectivity index (χ1) is 15.9. The van der Waals surface area contributed by atoms with E-state index in [1.165, 1.54) is 5.56 Å². The average Bonchev–Trinajstić information content (AvgIpc) is 3.20. The molecule has 0 radical (unpaired) electrons. The summed E-state index contributed by atoms with van der Waals surface area (Å²) in [5.41, 5.74) is 5.66. The van der Waals surface area contributed by atoms with Crippen LogP contribution >= 0.6 is 11.6 Å². The Morgan fingerprint density at radius 1 is 0.909 bits per heavy atom. The Morgan fingerprint density at radius 3 is 2.09 bits per heavy atom. The normalized spacial score (nSPS) is 13.8. The summed E-state index contributed by atoms with van der Waals surface area (Å²) in [5, 5.41) is 0. The maximum atomic E-state index is 13.5. The van der Waals surface area contributed by atoms with E-state index in [1.54, 1.807) is 12.0 Å². The number of piperazine rings is 1. The molecule has 0 bridgehead atoms. The predicted molar refractivity (Wildman–Crippen MR) is 130 cm³/mol. The van der Waals surface area contributed by atoms with E-state index in [0.717, 1.165) is 28.4 Å². The minimum Gasteiger partial charge on any atom is -0.497 e. The molecule has 2 aromatic carbocycles. The van der Waals surface area contributed by atoms with E-state index in [0.29, 0.717) is 31.7 Å². The number of ether oxygens (including phenoxy) is 1. The number of hydrogen-bond acceptors (Lipinski definition) is 3. The SMILES string of the molecule is COc1ccc(-c2cc(C(=O)N3CCN(C(=O)CCl)CC3)c(C)n2-c2ccc(C)cc2)cc1. The molecule has 4 rings (SSSR count). The van der Waals surface area contributed by atoms with Gasteiger partial charge in [-0.05, 0) is 61.9 Å². The monoisotopic (exact) mass is 465 g/mol. The third-order valence-electron chi connectivity index (χ3n) is 6.19. The highest BCUT2D eigenvalue weighted by Gasteiger charge is 2.27. The van der Waals surface area contributed by atoms with Crippen LogP contribution in [0, 0.1) is 13.8 Å². The maximum Gasteiger partial charge on any atom is 0.255 e. The van der Waals surface area contributed by atoms with Gasteiger partial charge in [-0.15, -0.1) is 11.6 Å². The van der Waals surface area contributed by atoms with Gasteiger partial charge in [-0.25, -0.2) is 0 Å². The quantitative estimate of drug-likeness (QED) is 0.528. The van der Waals surface area contributed by atoms with Gasteiger partial charge >= 0.3 is 0 Å². The van der Waals surface area contributed by atoms with Crippen molar-refractivity contribution in [1.82, 2.24) is 14.4 Å². The number of aryl methyl sites for hydroxylation is 1. The van der Waals surface area contributed by atoms with Gasteiger partial charge in [0.1, 0.15) is 11.6 Å². The fraction of sp³-hybridized carbons (Fsp3) is 0.308. The van der Waals surface area contributed by atoms with Crippen molar-refractivity contribution in [3.8, 4) is 22.7 Å². The minimum atomic E-state index is -0.0905. The second kappa shape index (κ2) is 9.71. The third kappa shape index (κ3) is 4.62. The van der Waals surface area contributed by atoms with Crippen molar-refractivity contribution >= 4 is 23.4 Å². The van der Waals surface area contributed by atoms with E-state index >= 15 is 0 Å². The second-order valence-corrected chi connectivity index (χ2v) is 8.50. The van der Waals surface area contributed by atoms with Crippen LogP contribution in [0.2, 0.25) is 0 Å². The van der Waals surface area contributed by atoms with Crippen LogP contribution in [0.15, 0.2) is 54.6 Å². The van der Waals surface area contributed by atoms with Gasteiger partial charge in [0, 0.05) is 37.6 Å². The number of benzene rings is 2. The molecule has 0 unspecified atom stereocenters. The molecule has 1 fully saturated rings. The van der Waals surface area contributed by atoms with Crippen molar-refractivity contribution in [2.75, 3.05) is 39.2 Å². The van der Waals surface area contributed by atoms with Crippen LogP contribution in [0.3, 0.4) is 0 Å². The highest BCUT2D eigenvalue weighted by atomic mass is 35.5. The zero-order chi connectivity index (χ0) is 23.5. The van der Waals surface area contributed by atoms with Gasteiger partial charge in [0.25, 0.3) is 5.91 Å². The summed E-state index contributed by atoms with van der Waals surface area (Å²) in [6, 6.07) is 18.1. The Balaban J connectivity index is 1.71. The van der Waals surface area contributed by atoms with Crippen LogP contribution in [0.25, 0.3) is 16.9 Å². The number of alkyl halides is 1. The topological polar surface area (TPSA) is 54.8 Å². The number of carbonyl (C=O) groups excluding carboxylic acids is 2. The van der Waals surface area contributed by atoms with Crippen molar-refractivity contribution in [1.29, 1.82) is 0 Å². The summed E-state index contributed by atoms with van der Waals surface area (Å²) in [4.78, 5) is 28.9. The van der Waals surface area contributed by atoms with E-state index < -0.39 is 0 Å². The zero-order valence-corrected chi connectivity index (χ0v) is 19.9. The molecule has 33 heavy (non-hydrogen) atoms. The van der Waals surface area contributed by atoms with Crippen molar-refractivity contribution in [2.45, 2.75) is 13.8 Å². The Kier molecular flexibility index (Phi) is 6.75. The van der Waals surface area contributed by atoms with E-state index in [4.69, 9.17) is 16.3 Å². The summed E-state index contributed by atoms with van der Waals surface area (Å²) < 4.78 is 7.44. The summed E-state index contributed by atoms with van der Waals surface area (Å²) >= 11 is 5.68. The Hall–Kier alpha value is -3.25. The molecule has 7 heteroatoms. The molecule has 0 saturated carbocycles. The highest BCUT2D eigenvalue weighted by Crippen LogP contribution is 2.31. The number of rotatable bonds is 5. The molecule has 2 amide bonds. The van der Waals surface area contributed by atoms with E-state index in [1.807, 2.05) is 42.2 Å². The molecule has 6 nitrogen and oxygen atoms in total. The molecular formula is C26H28ClN3O3. The summed E-state index contributed by atoms with van der Waals surface area (Å²) in [7, 11) is 1.64. The first kappa shape index (κ1) is 22.9. The third-order valence-corrected chi connectivity index (χ3v) is 6.42. The van der Waals surface area contributed by atoms with Crippen molar-refractivity contribution in [2.24, 2.45) is 0 Å². The van der Waals surface area contributed by atoms with Gasteiger partial charge in [-0.3, -0.25) is 9.59 Å². The van der Waals surface area contributed by atoms with Gasteiger partial charge in [0.2, 0.25) is 5.91 Å². The average molecular weight is 466 g/mol. The van der Waals surface area contributed by atoms with E-state index in [-0.39, 0.29) is 17.7 Å². The van der Waals surface area contributed by atoms with Gasteiger partial charge < -0.3 is 19.1 Å². The first-order valence-electron chi connectivity index (χ1n) is 11.0. The van der Waals surface area contributed by atoms with Gasteiger partial charge in [-0.2, -0.15) is 0 Å². The largest absolute Gasteiger partial charge is 0.497 e. The van der Waals surface area contributed by atoms with Crippen molar-refractivity contribution in [3.05, 3.63) is 71.4 Å². The molecule has 0 N–H and O–H groups in total. The summed E-state index contributed by atoms with van der Waals surface area (Å²) in [5.74, 6) is 0.639. The fourth-order valence-electron chi connectivity index (χ4n) is 4.24. The molecule has 1 saturated heterocycles. The molecule has 1 aliphatic rings. The number of methoxy groups -OCH3 is 1. The van der Waals surface area contributed by atoms with Gasteiger partial charge in [-0.1, -0.05) is 17.7 Å². The Labute approximate surface area is 199 Å². The molecule has 1 aliphatic heterocycles. The fourth-order valence-corrected chi connectivity index (χ4v) is 4.41. The molecule has 172 valence electrons. The zero-order valence-electron chi connectivity index (χ0n) is 19.2. The van der Waals surface area contributed by atoms with Gasteiger partial charge in [0.05, 0.1) is 18.4 Å². The molecule has 0 spiro atoms. The smallest absolute Gasteiger partial charge is 0.255 e. The molecule has 0 atom stereocenters. The Bertz CT molecular complexity index is 1140. The number of aromatic nitrogens is 1. The number of hydrogen-bond donors (Lipinski definition) is 0. The number of halogens is 1. The molecule has 0 aliphatic carbocycles. The minimum absolute atomic E-state index is 0.0221. The lowest BCUT2D eigenvalue weighted by Gasteiger charge is -2.34. The van der Waals surface area contributed by atoms with Crippen LogP contribution in [0.4, 0.5) is 0 Å². The van der Waals surface area contributed by atoms with Crippen LogP contribution in [0.1, 0.15) is 21.6 Å². The van der Waals surface area contributed by atoms with Crippen LogP contribution in [-0.4, -0.2) is 65.4 Å². The summed E-state index contributed by atoms with van der Waals surface area (Å²) in [6.45, 7) is 6.03. The van der Waals surface area contributed by atoms with Crippen LogP contribution in [0.5, 0.6) is 5.75 Å². The van der Waals surface area contributed by atoms with Crippen LogP contribution in [-0.2, 0) is 4.79 Å². The first-order valence-corrected chi connectivity index (χ1v) is 11.5. The lowest BCUT2D eigenvalue weighted by atomic mass is 10.1. The van der Waals surface area contributed by atoms with Gasteiger partial charge in [0.15, 0.2) is 0 Å². The molecule has 2 heterocycles. The highest BCUT2D eigenvalue weighted by molar-refractivity contribution is 6.27. The lowest BCUT2D eigenvalue weighted by molar-refractivity contribution is -0.129. The maximum absolute atomic E-state index is 13.5. The van der Waals surface area contributed by atoms with Crippen molar-refractivity contribution in [3.63, 3.8) is 0 Å². The molecule has 1 aromatic heterocycles. The van der Waals surface area contributed by atoms with E-state index in [9.17, 15) is 9.59 Å². The predicted octanol–water partition coefficient (Wildman–Crippen LogP) is 4.29. The number of nitrogens with zero attached hydrogens (tertiary/aromatic N) is 3. The lowest BCUT2D eigenvalue weighted by Crippen LogP contribution is -2.51. The Morgan fingerprint density at radius 2 is 1.52 bits per heavy atom. The van der Waals surface area contributed by atoms with Crippen LogP contribution < -0.4 is 4.74 Å². The molecular weight excluding hydrogens is 438 g/mol. The summed E-state index contributed by atoms with van der Waals surface area (Å²) in [6.07, 6.45) is 0. The van der Waals surface area contributed by atoms with Crippen molar-refractivity contribution < 1.29 is 14.3 Å². The van der Waals surface area contributed by atoms with E-state index in [2.05, 4.69) is 35.8 Å².